The minimum atomic E-state index is -1.29. The van der Waals surface area contributed by atoms with Crippen molar-refractivity contribution in [2.45, 2.75) is 0 Å². The molecule has 0 radical (unpaired) electrons. The van der Waals surface area contributed by atoms with E-state index < -0.39 is 5.97 Å². The van der Waals surface area contributed by atoms with E-state index >= 15 is 0 Å². The van der Waals surface area contributed by atoms with Gasteiger partial charge in [0, 0.05) is 11.6 Å². The van der Waals surface area contributed by atoms with E-state index in [0.717, 1.165) is 0 Å². The second-order valence-electron chi connectivity index (χ2n) is 3.20. The third-order valence-electron chi connectivity index (χ3n) is 2.15. The predicted molar refractivity (Wildman–Crippen MR) is 68.5 cm³/mol. The number of benzene rings is 1. The molecule has 0 amide bonds. The minimum absolute atomic E-state index is 0.370. The number of nitrogens with zero attached hydrogens (tertiary/aromatic N) is 1. The van der Waals surface area contributed by atoms with Crippen molar-refractivity contribution in [3.05, 3.63) is 27.7 Å². The standard InChI is InChI=1S/C12H10BrNO4/c1-17-10-5-11(18-2)9(13)4-7(10)3-8(6-14)12(15)16/h3-5H,1-2H3,(H,15,16). The highest BCUT2D eigenvalue weighted by molar-refractivity contribution is 9.10. The Bertz CT molecular complexity index is 546. The fraction of sp³-hybridized carbons (Fsp3) is 0.167. The second kappa shape index (κ2) is 6.07. The number of rotatable bonds is 4. The van der Waals surface area contributed by atoms with Crippen LogP contribution < -0.4 is 9.47 Å². The molecule has 0 saturated carbocycles. The van der Waals surface area contributed by atoms with Crippen LogP contribution >= 0.6 is 15.9 Å². The highest BCUT2D eigenvalue weighted by Gasteiger charge is 2.11. The zero-order chi connectivity index (χ0) is 13.7. The molecule has 0 spiro atoms. The number of aliphatic carboxylic acids is 1. The van der Waals surface area contributed by atoms with E-state index in [1.807, 2.05) is 0 Å². The Labute approximate surface area is 112 Å². The Morgan fingerprint density at radius 1 is 1.39 bits per heavy atom. The second-order valence-corrected chi connectivity index (χ2v) is 4.06. The number of hydrogen-bond donors (Lipinski definition) is 1. The first-order valence-corrected chi connectivity index (χ1v) is 5.59. The number of nitriles is 1. The number of ether oxygens (including phenoxy) is 2. The molecule has 0 aliphatic rings. The van der Waals surface area contributed by atoms with Crippen molar-refractivity contribution in [2.75, 3.05) is 14.2 Å². The van der Waals surface area contributed by atoms with Crippen LogP contribution in [0.1, 0.15) is 5.56 Å². The molecule has 0 aromatic heterocycles. The molecule has 0 unspecified atom stereocenters. The molecule has 1 N–H and O–H groups in total. The third-order valence-corrected chi connectivity index (χ3v) is 2.77. The predicted octanol–water partition coefficient (Wildman–Crippen LogP) is 2.46. The van der Waals surface area contributed by atoms with E-state index in [-0.39, 0.29) is 5.57 Å². The van der Waals surface area contributed by atoms with E-state index in [9.17, 15) is 4.79 Å². The maximum atomic E-state index is 10.8. The number of hydrogen-bond acceptors (Lipinski definition) is 4. The summed E-state index contributed by atoms with van der Waals surface area (Å²) in [7, 11) is 2.96. The molecule has 0 bridgehead atoms. The summed E-state index contributed by atoms with van der Waals surface area (Å²) >= 11 is 3.28. The van der Waals surface area contributed by atoms with Gasteiger partial charge in [0.1, 0.15) is 23.1 Å². The summed E-state index contributed by atoms with van der Waals surface area (Å²) in [4.78, 5) is 10.8. The van der Waals surface area contributed by atoms with Crippen molar-refractivity contribution in [1.29, 1.82) is 5.26 Å². The first kappa shape index (κ1) is 14.1. The Morgan fingerprint density at radius 3 is 2.44 bits per heavy atom. The smallest absolute Gasteiger partial charge is 0.346 e. The molecule has 6 heteroatoms. The molecule has 94 valence electrons. The SMILES string of the molecule is COc1cc(OC)c(C=C(C#N)C(=O)O)cc1Br. The lowest BCUT2D eigenvalue weighted by Crippen LogP contribution is -1.98. The lowest BCUT2D eigenvalue weighted by Gasteiger charge is -2.09. The van der Waals surface area contributed by atoms with Crippen LogP contribution in [-0.4, -0.2) is 25.3 Å². The summed E-state index contributed by atoms with van der Waals surface area (Å²) in [5, 5.41) is 17.5. The van der Waals surface area contributed by atoms with Gasteiger partial charge in [-0.25, -0.2) is 4.79 Å². The van der Waals surface area contributed by atoms with Gasteiger partial charge in [-0.05, 0) is 28.1 Å². The highest BCUT2D eigenvalue weighted by atomic mass is 79.9. The first-order chi connectivity index (χ1) is 8.53. The molecule has 5 nitrogen and oxygen atoms in total. The van der Waals surface area contributed by atoms with Gasteiger partial charge in [-0.3, -0.25) is 0 Å². The van der Waals surface area contributed by atoms with Crippen molar-refractivity contribution in [2.24, 2.45) is 0 Å². The minimum Gasteiger partial charge on any atom is -0.496 e. The summed E-state index contributed by atoms with van der Waals surface area (Å²) in [6.07, 6.45) is 1.24. The van der Waals surface area contributed by atoms with Crippen molar-refractivity contribution in [1.82, 2.24) is 0 Å². The van der Waals surface area contributed by atoms with Gasteiger partial charge in [-0.15, -0.1) is 0 Å². The molecule has 1 rings (SSSR count). The van der Waals surface area contributed by atoms with Crippen LogP contribution in [0.5, 0.6) is 11.5 Å². The van der Waals surface area contributed by atoms with Gasteiger partial charge >= 0.3 is 5.97 Å². The van der Waals surface area contributed by atoms with E-state index in [0.29, 0.717) is 21.5 Å². The summed E-state index contributed by atoms with van der Waals surface area (Å²) in [6.45, 7) is 0. The van der Waals surface area contributed by atoms with Gasteiger partial charge in [0.05, 0.1) is 18.7 Å². The Hall–Kier alpha value is -2.00. The fourth-order valence-electron chi connectivity index (χ4n) is 1.29. The molecular weight excluding hydrogens is 302 g/mol. The lowest BCUT2D eigenvalue weighted by atomic mass is 10.1. The average Bonchev–Trinajstić information content (AvgIpc) is 2.35. The van der Waals surface area contributed by atoms with Crippen LogP contribution in [0.4, 0.5) is 0 Å². The Balaban J connectivity index is 3.37. The van der Waals surface area contributed by atoms with Gasteiger partial charge in [-0.2, -0.15) is 5.26 Å². The lowest BCUT2D eigenvalue weighted by molar-refractivity contribution is -0.132. The molecular formula is C12H10BrNO4. The van der Waals surface area contributed by atoms with Crippen LogP contribution in [0.15, 0.2) is 22.2 Å². The van der Waals surface area contributed by atoms with Gasteiger partial charge in [0.15, 0.2) is 0 Å². The maximum absolute atomic E-state index is 10.8. The monoisotopic (exact) mass is 311 g/mol. The normalized spacial score (nSPS) is 10.7. The molecule has 0 heterocycles. The van der Waals surface area contributed by atoms with E-state index in [2.05, 4.69) is 15.9 Å². The van der Waals surface area contributed by atoms with Crippen LogP contribution in [0.2, 0.25) is 0 Å². The van der Waals surface area contributed by atoms with E-state index in [1.54, 1.807) is 18.2 Å². The molecule has 18 heavy (non-hydrogen) atoms. The summed E-state index contributed by atoms with van der Waals surface area (Å²) in [5.41, 5.74) is 0.106. The van der Waals surface area contributed by atoms with Gasteiger partial charge < -0.3 is 14.6 Å². The number of carbonyl (C=O) groups is 1. The maximum Gasteiger partial charge on any atom is 0.346 e. The number of halogens is 1. The number of methoxy groups -OCH3 is 2. The topological polar surface area (TPSA) is 79.5 Å². The van der Waals surface area contributed by atoms with Crippen molar-refractivity contribution >= 4 is 28.0 Å². The largest absolute Gasteiger partial charge is 0.496 e. The van der Waals surface area contributed by atoms with E-state index in [4.69, 9.17) is 19.8 Å². The van der Waals surface area contributed by atoms with Crippen molar-refractivity contribution in [3.63, 3.8) is 0 Å². The molecule has 0 fully saturated rings. The zero-order valence-electron chi connectivity index (χ0n) is 9.73. The van der Waals surface area contributed by atoms with Crippen LogP contribution in [-0.2, 0) is 4.79 Å². The van der Waals surface area contributed by atoms with Gasteiger partial charge in [0.25, 0.3) is 0 Å². The third kappa shape index (κ3) is 3.02. The first-order valence-electron chi connectivity index (χ1n) is 4.80. The summed E-state index contributed by atoms with van der Waals surface area (Å²) in [5.74, 6) is -0.312. The molecule has 0 saturated heterocycles. The zero-order valence-corrected chi connectivity index (χ0v) is 11.3. The average molecular weight is 312 g/mol. The summed E-state index contributed by atoms with van der Waals surface area (Å²) < 4.78 is 10.9. The van der Waals surface area contributed by atoms with Crippen LogP contribution in [0, 0.1) is 11.3 Å². The molecule has 1 aromatic rings. The number of carboxylic acids is 1. The van der Waals surface area contributed by atoms with Gasteiger partial charge in [-0.1, -0.05) is 0 Å². The van der Waals surface area contributed by atoms with E-state index in [1.165, 1.54) is 20.3 Å². The molecule has 0 atom stereocenters. The van der Waals surface area contributed by atoms with Crippen molar-refractivity contribution < 1.29 is 19.4 Å². The highest BCUT2D eigenvalue weighted by Crippen LogP contribution is 2.33. The molecule has 0 aliphatic heterocycles. The Kier molecular flexibility index (Phi) is 4.75. The van der Waals surface area contributed by atoms with Crippen LogP contribution in [0.3, 0.4) is 0 Å². The quantitative estimate of drug-likeness (QED) is 0.682. The molecule has 0 aliphatic carbocycles. The number of carboxylic acid groups (broad SMARTS) is 1. The Morgan fingerprint density at radius 2 is 2.00 bits per heavy atom. The van der Waals surface area contributed by atoms with Crippen molar-refractivity contribution in [3.8, 4) is 17.6 Å². The van der Waals surface area contributed by atoms with Gasteiger partial charge in [0.2, 0.25) is 0 Å². The fourth-order valence-corrected chi connectivity index (χ4v) is 1.82. The summed E-state index contributed by atoms with van der Waals surface area (Å²) in [6, 6.07) is 4.84. The van der Waals surface area contributed by atoms with Crippen LogP contribution in [0.25, 0.3) is 6.08 Å². The molecule has 1 aromatic carbocycles.